The highest BCUT2D eigenvalue weighted by atomic mass is 16.5. The molecule has 1 aliphatic rings. The van der Waals surface area contributed by atoms with Crippen molar-refractivity contribution in [2.75, 3.05) is 13.2 Å². The van der Waals surface area contributed by atoms with E-state index in [2.05, 4.69) is 5.10 Å². The molecule has 0 radical (unpaired) electrons. The molecule has 2 rings (SSSR count). The fraction of sp³-hybridized carbons (Fsp3) is 0.667. The first kappa shape index (κ1) is 8.72. The Morgan fingerprint density at radius 1 is 1.69 bits per heavy atom. The second-order valence-electron chi connectivity index (χ2n) is 3.36. The van der Waals surface area contributed by atoms with E-state index >= 15 is 0 Å². The maximum absolute atomic E-state index is 8.86. The van der Waals surface area contributed by atoms with Crippen LogP contribution in [-0.4, -0.2) is 28.1 Å². The lowest BCUT2D eigenvalue weighted by Gasteiger charge is -2.22. The van der Waals surface area contributed by atoms with Gasteiger partial charge in [0.1, 0.15) is 0 Å². The zero-order chi connectivity index (χ0) is 9.10. The van der Waals surface area contributed by atoms with E-state index in [1.807, 2.05) is 10.9 Å². The molecule has 1 aromatic rings. The van der Waals surface area contributed by atoms with Crippen LogP contribution < -0.4 is 0 Å². The van der Waals surface area contributed by atoms with Gasteiger partial charge >= 0.3 is 0 Å². The Morgan fingerprint density at radius 3 is 3.23 bits per heavy atom. The van der Waals surface area contributed by atoms with Gasteiger partial charge in [0.25, 0.3) is 0 Å². The Balaban J connectivity index is 2.05. The summed E-state index contributed by atoms with van der Waals surface area (Å²) in [5.74, 6) is 0. The number of hydrogen-bond acceptors (Lipinski definition) is 3. The van der Waals surface area contributed by atoms with Crippen molar-refractivity contribution in [3.8, 4) is 0 Å². The summed E-state index contributed by atoms with van der Waals surface area (Å²) >= 11 is 0. The van der Waals surface area contributed by atoms with E-state index in [9.17, 15) is 0 Å². The molecule has 0 bridgehead atoms. The van der Waals surface area contributed by atoms with Crippen molar-refractivity contribution in [2.24, 2.45) is 0 Å². The molecule has 4 heteroatoms. The van der Waals surface area contributed by atoms with Crippen LogP contribution in [0.15, 0.2) is 12.4 Å². The first-order valence-corrected chi connectivity index (χ1v) is 4.62. The van der Waals surface area contributed by atoms with E-state index in [4.69, 9.17) is 9.84 Å². The summed E-state index contributed by atoms with van der Waals surface area (Å²) in [6.45, 7) is 1.67. The predicted molar refractivity (Wildman–Crippen MR) is 47.2 cm³/mol. The Bertz CT molecular complexity index is 266. The lowest BCUT2D eigenvalue weighted by molar-refractivity contribution is 0.0549. The molecule has 1 aliphatic heterocycles. The topological polar surface area (TPSA) is 47.3 Å². The van der Waals surface area contributed by atoms with E-state index < -0.39 is 0 Å². The number of aromatic nitrogens is 2. The maximum Gasteiger partial charge on any atom is 0.0753 e. The van der Waals surface area contributed by atoms with Gasteiger partial charge in [0.15, 0.2) is 0 Å². The Kier molecular flexibility index (Phi) is 2.61. The molecule has 13 heavy (non-hydrogen) atoms. The van der Waals surface area contributed by atoms with Gasteiger partial charge < -0.3 is 9.84 Å². The molecular weight excluding hydrogens is 168 g/mol. The normalized spacial score (nSPS) is 23.3. The molecule has 4 nitrogen and oxygen atoms in total. The molecule has 1 N–H and O–H groups in total. The van der Waals surface area contributed by atoms with Crippen LogP contribution in [0.4, 0.5) is 0 Å². The first-order valence-electron chi connectivity index (χ1n) is 4.62. The molecule has 1 atom stereocenters. The van der Waals surface area contributed by atoms with Crippen LogP contribution >= 0.6 is 0 Å². The van der Waals surface area contributed by atoms with Crippen molar-refractivity contribution >= 4 is 0 Å². The van der Waals surface area contributed by atoms with Crippen LogP contribution in [-0.2, 0) is 11.3 Å². The SMILES string of the molecule is OCc1cnn(C2CCCOC2)c1. The van der Waals surface area contributed by atoms with Crippen LogP contribution in [0, 0.1) is 0 Å². The third-order valence-corrected chi connectivity index (χ3v) is 2.35. The van der Waals surface area contributed by atoms with E-state index in [0.29, 0.717) is 6.04 Å². The van der Waals surface area contributed by atoms with Crippen LogP contribution in [0.25, 0.3) is 0 Å². The van der Waals surface area contributed by atoms with Gasteiger partial charge in [-0.3, -0.25) is 4.68 Å². The second-order valence-corrected chi connectivity index (χ2v) is 3.36. The van der Waals surface area contributed by atoms with E-state index in [0.717, 1.165) is 31.6 Å². The lowest BCUT2D eigenvalue weighted by Crippen LogP contribution is -2.21. The van der Waals surface area contributed by atoms with Gasteiger partial charge in [-0.15, -0.1) is 0 Å². The number of nitrogens with zero attached hydrogens (tertiary/aromatic N) is 2. The zero-order valence-corrected chi connectivity index (χ0v) is 7.52. The van der Waals surface area contributed by atoms with Crippen molar-refractivity contribution in [3.63, 3.8) is 0 Å². The minimum Gasteiger partial charge on any atom is -0.392 e. The molecule has 0 spiro atoms. The van der Waals surface area contributed by atoms with Crippen molar-refractivity contribution in [2.45, 2.75) is 25.5 Å². The van der Waals surface area contributed by atoms with E-state index in [1.54, 1.807) is 6.20 Å². The van der Waals surface area contributed by atoms with Crippen LogP contribution in [0.2, 0.25) is 0 Å². The van der Waals surface area contributed by atoms with Crippen molar-refractivity contribution in [1.82, 2.24) is 9.78 Å². The molecule has 1 saturated heterocycles. The van der Waals surface area contributed by atoms with Gasteiger partial charge in [-0.25, -0.2) is 0 Å². The summed E-state index contributed by atoms with van der Waals surface area (Å²) in [6.07, 6.45) is 5.81. The van der Waals surface area contributed by atoms with Gasteiger partial charge in [0.05, 0.1) is 25.5 Å². The summed E-state index contributed by atoms with van der Waals surface area (Å²) < 4.78 is 7.25. The second kappa shape index (κ2) is 3.89. The average molecular weight is 182 g/mol. The Labute approximate surface area is 77.1 Å². The third kappa shape index (κ3) is 1.89. The van der Waals surface area contributed by atoms with Crippen LogP contribution in [0.3, 0.4) is 0 Å². The summed E-state index contributed by atoms with van der Waals surface area (Å²) in [4.78, 5) is 0. The highest BCUT2D eigenvalue weighted by Crippen LogP contribution is 2.18. The molecule has 0 saturated carbocycles. The third-order valence-electron chi connectivity index (χ3n) is 2.35. The monoisotopic (exact) mass is 182 g/mol. The number of aliphatic hydroxyl groups excluding tert-OH is 1. The molecule has 2 heterocycles. The quantitative estimate of drug-likeness (QED) is 0.733. The fourth-order valence-corrected chi connectivity index (χ4v) is 1.59. The Morgan fingerprint density at radius 2 is 2.62 bits per heavy atom. The molecule has 0 aromatic carbocycles. The molecule has 0 amide bonds. The molecule has 72 valence electrons. The van der Waals surface area contributed by atoms with E-state index in [1.165, 1.54) is 0 Å². The number of aliphatic hydroxyl groups is 1. The number of ether oxygens (including phenoxy) is 1. The fourth-order valence-electron chi connectivity index (χ4n) is 1.59. The summed E-state index contributed by atoms with van der Waals surface area (Å²) in [5.41, 5.74) is 0.866. The first-order chi connectivity index (χ1) is 6.40. The number of hydrogen-bond donors (Lipinski definition) is 1. The predicted octanol–water partition coefficient (Wildman–Crippen LogP) is 0.727. The van der Waals surface area contributed by atoms with E-state index in [-0.39, 0.29) is 6.61 Å². The summed E-state index contributed by atoms with van der Waals surface area (Å²) in [5, 5.41) is 13.1. The standard InChI is InChI=1S/C9H14N2O2/c12-6-8-4-10-11(5-8)9-2-1-3-13-7-9/h4-5,9,12H,1-3,6-7H2. The minimum absolute atomic E-state index is 0.0631. The molecular formula is C9H14N2O2. The molecule has 1 unspecified atom stereocenters. The van der Waals surface area contributed by atoms with Gasteiger partial charge in [-0.1, -0.05) is 0 Å². The minimum atomic E-state index is 0.0631. The highest BCUT2D eigenvalue weighted by Gasteiger charge is 2.16. The summed E-state index contributed by atoms with van der Waals surface area (Å²) in [6, 6.07) is 0.356. The Hall–Kier alpha value is -0.870. The van der Waals surface area contributed by atoms with Crippen molar-refractivity contribution in [1.29, 1.82) is 0 Å². The van der Waals surface area contributed by atoms with Gasteiger partial charge in [-0.2, -0.15) is 5.10 Å². The largest absolute Gasteiger partial charge is 0.392 e. The van der Waals surface area contributed by atoms with Crippen LogP contribution in [0.1, 0.15) is 24.4 Å². The van der Waals surface area contributed by atoms with Crippen molar-refractivity contribution in [3.05, 3.63) is 18.0 Å². The van der Waals surface area contributed by atoms with Crippen molar-refractivity contribution < 1.29 is 9.84 Å². The van der Waals surface area contributed by atoms with Gasteiger partial charge in [-0.05, 0) is 12.8 Å². The maximum atomic E-state index is 8.86. The molecule has 1 fully saturated rings. The van der Waals surface area contributed by atoms with Gasteiger partial charge in [0, 0.05) is 18.4 Å². The highest BCUT2D eigenvalue weighted by molar-refractivity contribution is 5.02. The average Bonchev–Trinajstić information content (AvgIpc) is 2.67. The van der Waals surface area contributed by atoms with Gasteiger partial charge in [0.2, 0.25) is 0 Å². The lowest BCUT2D eigenvalue weighted by atomic mass is 10.1. The summed E-state index contributed by atoms with van der Waals surface area (Å²) in [7, 11) is 0. The zero-order valence-electron chi connectivity index (χ0n) is 7.52. The number of rotatable bonds is 2. The molecule has 0 aliphatic carbocycles. The van der Waals surface area contributed by atoms with Crippen LogP contribution in [0.5, 0.6) is 0 Å². The smallest absolute Gasteiger partial charge is 0.0753 e. The molecule has 1 aromatic heterocycles.